The quantitative estimate of drug-likeness (QED) is 0.419. The molecule has 0 saturated carbocycles. The van der Waals surface area contributed by atoms with Gasteiger partial charge in [0.25, 0.3) is 0 Å². The maximum absolute atomic E-state index is 9.30. The lowest BCUT2D eigenvalue weighted by atomic mass is 10.2. The molecule has 0 bridgehead atoms. The molecule has 2 heterocycles. The third-order valence-electron chi connectivity index (χ3n) is 3.90. The number of anilines is 1. The summed E-state index contributed by atoms with van der Waals surface area (Å²) in [5.74, 6) is 2.16. The van der Waals surface area contributed by atoms with Crippen LogP contribution in [0.5, 0.6) is 11.5 Å². The molecular formula is C19H16N6O2. The zero-order valence-corrected chi connectivity index (χ0v) is 14.4. The SMILES string of the molecule is COc1ccc(-c2nnc3ccc(N/N=C/c4ccc(O)cc4)nn23)cc1. The fourth-order valence-corrected chi connectivity index (χ4v) is 2.50. The highest BCUT2D eigenvalue weighted by atomic mass is 16.5. The second-order valence-electron chi connectivity index (χ2n) is 5.70. The predicted octanol–water partition coefficient (Wildman–Crippen LogP) is 2.95. The van der Waals surface area contributed by atoms with Crippen molar-refractivity contribution < 1.29 is 9.84 Å². The topological polar surface area (TPSA) is 96.9 Å². The standard InChI is InChI=1S/C19H16N6O2/c1-27-16-8-4-14(5-9-16)19-23-22-18-11-10-17(24-25(18)19)21-20-12-13-2-6-15(26)7-3-13/h2-12,26H,1H3,(H,21,24)/b20-12+. The van der Waals surface area contributed by atoms with Crippen LogP contribution in [0.2, 0.25) is 0 Å². The summed E-state index contributed by atoms with van der Waals surface area (Å²) in [6.07, 6.45) is 1.64. The Kier molecular flexibility index (Phi) is 4.36. The van der Waals surface area contributed by atoms with E-state index in [2.05, 4.69) is 25.8 Å². The minimum Gasteiger partial charge on any atom is -0.508 e. The Hall–Kier alpha value is -3.94. The molecule has 0 unspecified atom stereocenters. The third-order valence-corrected chi connectivity index (χ3v) is 3.90. The van der Waals surface area contributed by atoms with E-state index in [9.17, 15) is 5.11 Å². The highest BCUT2D eigenvalue weighted by Crippen LogP contribution is 2.21. The number of hydrogen-bond donors (Lipinski definition) is 2. The van der Waals surface area contributed by atoms with Crippen LogP contribution in [0.3, 0.4) is 0 Å². The summed E-state index contributed by atoms with van der Waals surface area (Å²) < 4.78 is 6.84. The summed E-state index contributed by atoms with van der Waals surface area (Å²) in [6.45, 7) is 0. The van der Waals surface area contributed by atoms with Crippen molar-refractivity contribution in [3.8, 4) is 22.9 Å². The molecule has 0 fully saturated rings. The molecule has 0 aliphatic rings. The lowest BCUT2D eigenvalue weighted by Crippen LogP contribution is -2.00. The molecule has 0 radical (unpaired) electrons. The number of benzene rings is 2. The van der Waals surface area contributed by atoms with E-state index in [-0.39, 0.29) is 5.75 Å². The average molecular weight is 360 g/mol. The van der Waals surface area contributed by atoms with Crippen LogP contribution in [-0.4, -0.2) is 38.2 Å². The summed E-state index contributed by atoms with van der Waals surface area (Å²) in [7, 11) is 1.62. The lowest BCUT2D eigenvalue weighted by molar-refractivity contribution is 0.415. The number of nitrogens with one attached hydrogen (secondary N) is 1. The molecule has 0 aliphatic carbocycles. The van der Waals surface area contributed by atoms with Crippen molar-refractivity contribution in [2.24, 2.45) is 5.10 Å². The summed E-state index contributed by atoms with van der Waals surface area (Å²) >= 11 is 0. The minimum absolute atomic E-state index is 0.214. The van der Waals surface area contributed by atoms with Crippen LogP contribution < -0.4 is 10.2 Å². The Bertz CT molecular complexity index is 1090. The number of nitrogens with zero attached hydrogens (tertiary/aromatic N) is 5. The molecule has 0 atom stereocenters. The summed E-state index contributed by atoms with van der Waals surface area (Å²) in [4.78, 5) is 0. The molecular weight excluding hydrogens is 344 g/mol. The van der Waals surface area contributed by atoms with Gasteiger partial charge in [0, 0.05) is 5.56 Å². The maximum Gasteiger partial charge on any atom is 0.185 e. The van der Waals surface area contributed by atoms with Gasteiger partial charge in [-0.25, -0.2) is 0 Å². The Morgan fingerprint density at radius 1 is 1.00 bits per heavy atom. The van der Waals surface area contributed by atoms with E-state index >= 15 is 0 Å². The molecule has 0 amide bonds. The summed E-state index contributed by atoms with van der Waals surface area (Å²) in [5, 5.41) is 26.3. The molecule has 0 spiro atoms. The second kappa shape index (κ2) is 7.12. The van der Waals surface area contributed by atoms with Crippen molar-refractivity contribution in [1.82, 2.24) is 19.8 Å². The van der Waals surface area contributed by atoms with E-state index in [4.69, 9.17) is 4.74 Å². The molecule has 2 N–H and O–H groups in total. The van der Waals surface area contributed by atoms with E-state index in [0.717, 1.165) is 16.9 Å². The Labute approximate surface area is 154 Å². The molecule has 4 aromatic rings. The van der Waals surface area contributed by atoms with Crippen LogP contribution in [0.25, 0.3) is 17.0 Å². The second-order valence-corrected chi connectivity index (χ2v) is 5.70. The van der Waals surface area contributed by atoms with E-state index in [1.807, 2.05) is 30.3 Å². The molecule has 8 nitrogen and oxygen atoms in total. The van der Waals surface area contributed by atoms with Gasteiger partial charge in [-0.1, -0.05) is 0 Å². The van der Waals surface area contributed by atoms with Crippen molar-refractivity contribution in [3.63, 3.8) is 0 Å². The highest BCUT2D eigenvalue weighted by Gasteiger charge is 2.10. The number of fused-ring (bicyclic) bond motifs is 1. The van der Waals surface area contributed by atoms with Gasteiger partial charge in [-0.15, -0.1) is 15.3 Å². The number of phenols is 1. The molecule has 2 aromatic carbocycles. The number of ether oxygens (including phenoxy) is 1. The van der Waals surface area contributed by atoms with Crippen LogP contribution in [0, 0.1) is 0 Å². The normalized spacial score (nSPS) is 11.1. The van der Waals surface area contributed by atoms with Gasteiger partial charge in [0.15, 0.2) is 17.3 Å². The molecule has 8 heteroatoms. The number of methoxy groups -OCH3 is 1. The fraction of sp³-hybridized carbons (Fsp3) is 0.0526. The van der Waals surface area contributed by atoms with Gasteiger partial charge in [-0.3, -0.25) is 5.43 Å². The van der Waals surface area contributed by atoms with Gasteiger partial charge in [-0.2, -0.15) is 9.62 Å². The summed E-state index contributed by atoms with van der Waals surface area (Å²) in [5.41, 5.74) is 5.25. The van der Waals surface area contributed by atoms with Gasteiger partial charge in [0.05, 0.1) is 13.3 Å². The number of aromatic nitrogens is 4. The monoisotopic (exact) mass is 360 g/mol. The molecule has 0 aliphatic heterocycles. The van der Waals surface area contributed by atoms with Gasteiger partial charge >= 0.3 is 0 Å². The number of aromatic hydroxyl groups is 1. The number of hydrogen-bond acceptors (Lipinski definition) is 7. The smallest absolute Gasteiger partial charge is 0.185 e. The largest absolute Gasteiger partial charge is 0.508 e. The highest BCUT2D eigenvalue weighted by molar-refractivity contribution is 5.80. The molecule has 2 aromatic heterocycles. The van der Waals surface area contributed by atoms with Crippen molar-refractivity contribution in [2.75, 3.05) is 12.5 Å². The number of hydrazone groups is 1. The number of rotatable bonds is 5. The Morgan fingerprint density at radius 3 is 2.52 bits per heavy atom. The van der Waals surface area contributed by atoms with Gasteiger partial charge < -0.3 is 9.84 Å². The van der Waals surface area contributed by atoms with Gasteiger partial charge in [0.2, 0.25) is 0 Å². The van der Waals surface area contributed by atoms with Crippen molar-refractivity contribution in [2.45, 2.75) is 0 Å². The third kappa shape index (κ3) is 3.54. The fourth-order valence-electron chi connectivity index (χ4n) is 2.50. The maximum atomic E-state index is 9.30. The first-order chi connectivity index (χ1) is 13.2. The Morgan fingerprint density at radius 2 is 1.78 bits per heavy atom. The van der Waals surface area contributed by atoms with Crippen LogP contribution in [0.4, 0.5) is 5.82 Å². The van der Waals surface area contributed by atoms with Crippen LogP contribution >= 0.6 is 0 Å². The van der Waals surface area contributed by atoms with E-state index in [1.165, 1.54) is 0 Å². The van der Waals surface area contributed by atoms with Gasteiger partial charge in [-0.05, 0) is 66.2 Å². The molecule has 4 rings (SSSR count). The zero-order chi connectivity index (χ0) is 18.6. The molecule has 0 saturated heterocycles. The van der Waals surface area contributed by atoms with E-state index < -0.39 is 0 Å². The van der Waals surface area contributed by atoms with Crippen LogP contribution in [0.15, 0.2) is 65.8 Å². The van der Waals surface area contributed by atoms with E-state index in [0.29, 0.717) is 17.3 Å². The Balaban J connectivity index is 1.58. The van der Waals surface area contributed by atoms with Gasteiger partial charge in [0.1, 0.15) is 11.5 Å². The molecule has 134 valence electrons. The van der Waals surface area contributed by atoms with Crippen molar-refractivity contribution >= 4 is 17.7 Å². The van der Waals surface area contributed by atoms with Crippen molar-refractivity contribution in [3.05, 3.63) is 66.2 Å². The average Bonchev–Trinajstić information content (AvgIpc) is 3.13. The predicted molar refractivity (Wildman–Crippen MR) is 102 cm³/mol. The first kappa shape index (κ1) is 16.5. The lowest BCUT2D eigenvalue weighted by Gasteiger charge is -2.03. The number of phenolic OH excluding ortho intramolecular Hbond substituents is 1. The summed E-state index contributed by atoms with van der Waals surface area (Å²) in [6, 6.07) is 17.8. The van der Waals surface area contributed by atoms with Crippen LogP contribution in [-0.2, 0) is 0 Å². The van der Waals surface area contributed by atoms with E-state index in [1.54, 1.807) is 48.2 Å². The van der Waals surface area contributed by atoms with Crippen LogP contribution in [0.1, 0.15) is 5.56 Å². The minimum atomic E-state index is 0.214. The zero-order valence-electron chi connectivity index (χ0n) is 14.4. The first-order valence-corrected chi connectivity index (χ1v) is 8.18. The van der Waals surface area contributed by atoms with Crippen molar-refractivity contribution in [1.29, 1.82) is 0 Å². The first-order valence-electron chi connectivity index (χ1n) is 8.18. The molecule has 27 heavy (non-hydrogen) atoms.